The van der Waals surface area contributed by atoms with E-state index >= 15 is 0 Å². The molecule has 128 valence electrons. The van der Waals surface area contributed by atoms with E-state index in [0.29, 0.717) is 6.61 Å². The molecule has 0 saturated carbocycles. The first-order chi connectivity index (χ1) is 11.3. The number of para-hydroxylation sites is 2. The number of quaternary nitrogens is 1. The Morgan fingerprint density at radius 3 is 1.96 bits per heavy atom. The molecule has 0 bridgehead atoms. The summed E-state index contributed by atoms with van der Waals surface area (Å²) in [6.07, 6.45) is -0.297. The fourth-order valence-corrected chi connectivity index (χ4v) is 3.07. The summed E-state index contributed by atoms with van der Waals surface area (Å²) in [5, 5.41) is 2.16. The lowest BCUT2D eigenvalue weighted by atomic mass is 10.2. The maximum absolute atomic E-state index is 12.6. The molecule has 1 heterocycles. The summed E-state index contributed by atoms with van der Waals surface area (Å²) in [5.41, 5.74) is 1.79. The molecular weight excluding hydrogens is 324 g/mol. The summed E-state index contributed by atoms with van der Waals surface area (Å²) in [5.74, 6) is 0. The van der Waals surface area contributed by atoms with Gasteiger partial charge in [-0.3, -0.25) is 0 Å². The molecule has 0 aliphatic carbocycles. The van der Waals surface area contributed by atoms with E-state index in [1.54, 1.807) is 4.57 Å². The largest absolute Gasteiger partial charge is 1.00 e. The number of fused-ring (bicyclic) bond motifs is 3. The predicted octanol–water partition coefficient (Wildman–Crippen LogP) is -0.292. The average molecular weight is 347 g/mol. The monoisotopic (exact) mass is 346 g/mol. The second kappa shape index (κ2) is 8.18. The molecule has 2 aromatic carbocycles. The third-order valence-corrected chi connectivity index (χ3v) is 4.44. The first kappa shape index (κ1) is 18.3. The zero-order chi connectivity index (χ0) is 16.2. The molecule has 3 rings (SSSR count). The van der Waals surface area contributed by atoms with Crippen molar-refractivity contribution < 1.29 is 26.8 Å². The van der Waals surface area contributed by atoms with Gasteiger partial charge in [0.25, 0.3) is 0 Å². The lowest BCUT2D eigenvalue weighted by Gasteiger charge is -2.15. The number of hydrogen-bond acceptors (Lipinski definition) is 2. The normalized spacial score (nSPS) is 11.0. The van der Waals surface area contributed by atoms with E-state index in [0.717, 1.165) is 41.4 Å². The van der Waals surface area contributed by atoms with Gasteiger partial charge >= 0.3 is 6.09 Å². The lowest BCUT2D eigenvalue weighted by molar-refractivity contribution is -0.896. The summed E-state index contributed by atoms with van der Waals surface area (Å²) in [4.78, 5) is 14.1. The summed E-state index contributed by atoms with van der Waals surface area (Å²) in [6, 6.07) is 15.9. The summed E-state index contributed by atoms with van der Waals surface area (Å²) in [7, 11) is 0. The van der Waals surface area contributed by atoms with Gasteiger partial charge in [-0.05, 0) is 26.0 Å². The molecule has 1 aromatic heterocycles. The number of benzene rings is 2. The van der Waals surface area contributed by atoms with Crippen LogP contribution in [-0.2, 0) is 4.74 Å². The van der Waals surface area contributed by atoms with Crippen LogP contribution in [0.15, 0.2) is 48.5 Å². The topological polar surface area (TPSA) is 35.7 Å². The van der Waals surface area contributed by atoms with Gasteiger partial charge in [0, 0.05) is 10.8 Å². The summed E-state index contributed by atoms with van der Waals surface area (Å²) in [6.45, 7) is 7.67. The number of halogens is 1. The number of ether oxygens (including phenoxy) is 1. The molecule has 0 unspecified atom stereocenters. The van der Waals surface area contributed by atoms with Gasteiger partial charge in [-0.25, -0.2) is 9.36 Å². The number of likely N-dealkylation sites (N-methyl/N-ethyl adjacent to an activating group) is 1. The number of aromatic nitrogens is 1. The van der Waals surface area contributed by atoms with Crippen LogP contribution in [0.3, 0.4) is 0 Å². The fourth-order valence-electron chi connectivity index (χ4n) is 3.07. The van der Waals surface area contributed by atoms with Gasteiger partial charge in [0.05, 0.1) is 24.1 Å². The van der Waals surface area contributed by atoms with E-state index < -0.39 is 0 Å². The average Bonchev–Trinajstić information content (AvgIpc) is 2.93. The Labute approximate surface area is 148 Å². The first-order valence-electron chi connectivity index (χ1n) is 8.25. The van der Waals surface area contributed by atoms with Gasteiger partial charge in [0.15, 0.2) is 0 Å². The van der Waals surface area contributed by atoms with Gasteiger partial charge in [0.1, 0.15) is 13.2 Å². The van der Waals surface area contributed by atoms with E-state index in [-0.39, 0.29) is 18.5 Å². The van der Waals surface area contributed by atoms with Crippen LogP contribution in [0.5, 0.6) is 0 Å². The zero-order valence-electron chi connectivity index (χ0n) is 14.1. The number of carbonyl (C=O) groups excluding carboxylic acids is 1. The van der Waals surface area contributed by atoms with E-state index in [9.17, 15) is 4.79 Å². The zero-order valence-corrected chi connectivity index (χ0v) is 14.8. The molecule has 0 atom stereocenters. The van der Waals surface area contributed by atoms with Crippen molar-refractivity contribution in [3.8, 4) is 0 Å². The highest BCUT2D eigenvalue weighted by Crippen LogP contribution is 2.28. The van der Waals surface area contributed by atoms with E-state index in [1.807, 2.05) is 48.5 Å². The van der Waals surface area contributed by atoms with Crippen molar-refractivity contribution in [3.05, 3.63) is 48.5 Å². The molecule has 1 N–H and O–H groups in total. The molecule has 0 saturated heterocycles. The quantitative estimate of drug-likeness (QED) is 0.689. The highest BCUT2D eigenvalue weighted by atomic mass is 35.5. The SMILES string of the molecule is CC[NH+](CC)CCOC(=O)n1c2ccccc2c2ccccc21.[Cl-]. The summed E-state index contributed by atoms with van der Waals surface area (Å²) >= 11 is 0. The maximum atomic E-state index is 12.6. The maximum Gasteiger partial charge on any atom is 0.419 e. The van der Waals surface area contributed by atoms with Crippen molar-refractivity contribution in [3.63, 3.8) is 0 Å². The highest BCUT2D eigenvalue weighted by molar-refractivity contribution is 6.12. The van der Waals surface area contributed by atoms with Crippen LogP contribution >= 0.6 is 0 Å². The second-order valence-corrected chi connectivity index (χ2v) is 5.69. The van der Waals surface area contributed by atoms with E-state index in [4.69, 9.17) is 4.74 Å². The van der Waals surface area contributed by atoms with Gasteiger partial charge in [-0.1, -0.05) is 36.4 Å². The van der Waals surface area contributed by atoms with E-state index in [1.165, 1.54) is 4.90 Å². The number of nitrogens with zero attached hydrogens (tertiary/aromatic N) is 1. The van der Waals surface area contributed by atoms with Crippen molar-refractivity contribution in [2.45, 2.75) is 13.8 Å². The highest BCUT2D eigenvalue weighted by Gasteiger charge is 2.16. The molecule has 4 nitrogen and oxygen atoms in total. The van der Waals surface area contributed by atoms with Crippen LogP contribution in [0.4, 0.5) is 4.79 Å². The van der Waals surface area contributed by atoms with Gasteiger partial charge in [-0.15, -0.1) is 0 Å². The molecule has 0 radical (unpaired) electrons. The first-order valence-corrected chi connectivity index (χ1v) is 8.25. The van der Waals surface area contributed by atoms with Gasteiger partial charge in [-0.2, -0.15) is 0 Å². The third-order valence-electron chi connectivity index (χ3n) is 4.44. The van der Waals surface area contributed by atoms with Crippen molar-refractivity contribution in [2.75, 3.05) is 26.2 Å². The van der Waals surface area contributed by atoms with Crippen LogP contribution in [-0.4, -0.2) is 36.9 Å². The van der Waals surface area contributed by atoms with Gasteiger partial charge in [0.2, 0.25) is 0 Å². The van der Waals surface area contributed by atoms with Crippen molar-refractivity contribution >= 4 is 27.9 Å². The Bertz CT molecular complexity index is 771. The standard InChI is InChI=1S/C19H22N2O2.ClH/c1-3-20(4-2)13-14-23-19(22)21-17-11-7-5-9-15(17)16-10-6-8-12-18(16)21;/h5-12H,3-4,13-14H2,1-2H3;1H. The van der Waals surface area contributed by atoms with Crippen molar-refractivity contribution in [2.24, 2.45) is 0 Å². The third kappa shape index (κ3) is 3.40. The minimum Gasteiger partial charge on any atom is -1.00 e. The molecule has 0 fully saturated rings. The van der Waals surface area contributed by atoms with Crippen LogP contribution in [0.1, 0.15) is 13.8 Å². The lowest BCUT2D eigenvalue weighted by Crippen LogP contribution is -3.11. The minimum absolute atomic E-state index is 0. The van der Waals surface area contributed by atoms with Crippen LogP contribution in [0.2, 0.25) is 0 Å². The molecule has 0 aliphatic heterocycles. The molecule has 0 amide bonds. The molecule has 5 heteroatoms. The van der Waals surface area contributed by atoms with Crippen LogP contribution < -0.4 is 17.3 Å². The van der Waals surface area contributed by atoms with Crippen LogP contribution in [0.25, 0.3) is 21.8 Å². The number of carbonyl (C=O) groups is 1. The van der Waals surface area contributed by atoms with E-state index in [2.05, 4.69) is 13.8 Å². The van der Waals surface area contributed by atoms with Crippen molar-refractivity contribution in [1.29, 1.82) is 0 Å². The molecule has 3 aromatic rings. The Kier molecular flexibility index (Phi) is 6.23. The molecular formula is C19H23ClN2O2. The predicted molar refractivity (Wildman–Crippen MR) is 93.1 cm³/mol. The van der Waals surface area contributed by atoms with Crippen LogP contribution in [0, 0.1) is 0 Å². The van der Waals surface area contributed by atoms with Crippen molar-refractivity contribution in [1.82, 2.24) is 4.57 Å². The summed E-state index contributed by atoms with van der Waals surface area (Å²) < 4.78 is 7.22. The smallest absolute Gasteiger partial charge is 0.419 e. The second-order valence-electron chi connectivity index (χ2n) is 5.69. The molecule has 0 aliphatic rings. The molecule has 0 spiro atoms. The Morgan fingerprint density at radius 1 is 0.958 bits per heavy atom. The Balaban J connectivity index is 0.00000208. The Hall–Kier alpha value is -2.04. The number of rotatable bonds is 5. The minimum atomic E-state index is -0.297. The number of hydrogen-bond donors (Lipinski definition) is 1. The molecule has 24 heavy (non-hydrogen) atoms. The fraction of sp³-hybridized carbons (Fsp3) is 0.316. The van der Waals surface area contributed by atoms with Gasteiger partial charge < -0.3 is 22.0 Å². The number of nitrogens with one attached hydrogen (secondary N) is 1. The Morgan fingerprint density at radius 2 is 1.46 bits per heavy atom.